The number of benzene rings is 3. The summed E-state index contributed by atoms with van der Waals surface area (Å²) in [6, 6.07) is 16.6. The van der Waals surface area contributed by atoms with Crippen molar-refractivity contribution >= 4 is 44.0 Å². The van der Waals surface area contributed by atoms with Crippen LogP contribution in [0.3, 0.4) is 0 Å². The second kappa shape index (κ2) is 6.10. The van der Waals surface area contributed by atoms with E-state index >= 15 is 0 Å². The molecule has 3 aromatic rings. The maximum Gasteiger partial charge on any atom is 0.265 e. The number of rotatable bonds is 4. The summed E-state index contributed by atoms with van der Waals surface area (Å²) in [5, 5.41) is 3.96. The first-order valence-corrected chi connectivity index (χ1v) is 9.57. The Hall–Kier alpha value is -3.39. The minimum atomic E-state index is -3.83. The fourth-order valence-electron chi connectivity index (χ4n) is 3.26. The number of primary amides is 1. The summed E-state index contributed by atoms with van der Waals surface area (Å²) in [6.07, 6.45) is 0. The van der Waals surface area contributed by atoms with Crippen molar-refractivity contribution in [2.75, 3.05) is 16.2 Å². The number of anilines is 2. The summed E-state index contributed by atoms with van der Waals surface area (Å²) >= 11 is 0. The maximum atomic E-state index is 12.9. The SMILES string of the molecule is NC(=O)c1ccccc1NC(=O)CN1c2cccc3cccc(c23)S1(=O)=O. The van der Waals surface area contributed by atoms with Crippen LogP contribution in [-0.4, -0.2) is 26.8 Å². The molecule has 0 aliphatic carbocycles. The second-order valence-corrected chi connectivity index (χ2v) is 7.93. The highest BCUT2D eigenvalue weighted by molar-refractivity contribution is 7.93. The number of sulfonamides is 1. The molecule has 0 aromatic heterocycles. The first-order valence-electron chi connectivity index (χ1n) is 8.13. The van der Waals surface area contributed by atoms with Crippen LogP contribution in [0.25, 0.3) is 10.8 Å². The van der Waals surface area contributed by atoms with Gasteiger partial charge in [-0.2, -0.15) is 0 Å². The molecule has 0 bridgehead atoms. The molecule has 27 heavy (non-hydrogen) atoms. The summed E-state index contributed by atoms with van der Waals surface area (Å²) in [5.41, 5.74) is 6.16. The molecule has 3 N–H and O–H groups in total. The zero-order chi connectivity index (χ0) is 19.2. The summed E-state index contributed by atoms with van der Waals surface area (Å²) in [5.74, 6) is -1.26. The molecule has 0 spiro atoms. The summed E-state index contributed by atoms with van der Waals surface area (Å²) < 4.78 is 26.9. The van der Waals surface area contributed by atoms with Gasteiger partial charge in [-0.1, -0.05) is 36.4 Å². The van der Waals surface area contributed by atoms with Crippen LogP contribution in [0.2, 0.25) is 0 Å². The molecule has 1 aliphatic rings. The third-order valence-corrected chi connectivity index (χ3v) is 6.24. The number of nitrogens with zero attached hydrogens (tertiary/aromatic N) is 1. The van der Waals surface area contributed by atoms with Gasteiger partial charge in [-0.25, -0.2) is 8.42 Å². The summed E-state index contributed by atoms with van der Waals surface area (Å²) in [7, 11) is -3.83. The molecular weight excluding hydrogens is 366 g/mol. The van der Waals surface area contributed by atoms with E-state index in [1.54, 1.807) is 30.3 Å². The molecular formula is C19H15N3O4S. The van der Waals surface area contributed by atoms with Crippen LogP contribution in [0.5, 0.6) is 0 Å². The maximum absolute atomic E-state index is 12.9. The topological polar surface area (TPSA) is 110 Å². The van der Waals surface area contributed by atoms with E-state index in [0.29, 0.717) is 11.1 Å². The first kappa shape index (κ1) is 17.0. The molecule has 0 radical (unpaired) electrons. The van der Waals surface area contributed by atoms with Gasteiger partial charge < -0.3 is 11.1 Å². The Bertz CT molecular complexity index is 1200. The second-order valence-electron chi connectivity index (χ2n) is 6.10. The van der Waals surface area contributed by atoms with Gasteiger partial charge in [0.15, 0.2) is 0 Å². The lowest BCUT2D eigenvalue weighted by Gasteiger charge is -2.18. The molecule has 136 valence electrons. The van der Waals surface area contributed by atoms with Crippen LogP contribution >= 0.6 is 0 Å². The van der Waals surface area contributed by atoms with Gasteiger partial charge in [0.05, 0.1) is 21.8 Å². The average Bonchev–Trinajstić information content (AvgIpc) is 2.85. The lowest BCUT2D eigenvalue weighted by atomic mass is 10.1. The monoisotopic (exact) mass is 381 g/mol. The number of nitrogens with two attached hydrogens (primary N) is 1. The fraction of sp³-hybridized carbons (Fsp3) is 0.0526. The van der Waals surface area contributed by atoms with Gasteiger partial charge in [0.25, 0.3) is 15.9 Å². The van der Waals surface area contributed by atoms with Gasteiger partial charge in [0.1, 0.15) is 6.54 Å². The largest absolute Gasteiger partial charge is 0.366 e. The van der Waals surface area contributed by atoms with Crippen LogP contribution in [0.1, 0.15) is 10.4 Å². The van der Waals surface area contributed by atoms with E-state index in [1.165, 1.54) is 18.2 Å². The van der Waals surface area contributed by atoms with Crippen LogP contribution in [0.4, 0.5) is 11.4 Å². The minimum Gasteiger partial charge on any atom is -0.366 e. The quantitative estimate of drug-likeness (QED) is 0.721. The smallest absolute Gasteiger partial charge is 0.265 e. The van der Waals surface area contributed by atoms with Crippen molar-refractivity contribution in [3.05, 3.63) is 66.2 Å². The molecule has 0 atom stereocenters. The first-order chi connectivity index (χ1) is 12.9. The molecule has 3 aromatic carbocycles. The molecule has 4 rings (SSSR count). The Labute approximate surface area is 155 Å². The number of para-hydroxylation sites is 1. The van der Waals surface area contributed by atoms with E-state index in [4.69, 9.17) is 5.73 Å². The third-order valence-electron chi connectivity index (χ3n) is 4.44. The molecule has 7 nitrogen and oxygen atoms in total. The van der Waals surface area contributed by atoms with E-state index in [1.807, 2.05) is 12.1 Å². The van der Waals surface area contributed by atoms with Crippen LogP contribution in [0, 0.1) is 0 Å². The Morgan fingerprint density at radius 3 is 2.41 bits per heavy atom. The van der Waals surface area contributed by atoms with Gasteiger partial charge in [0, 0.05) is 5.39 Å². The van der Waals surface area contributed by atoms with Crippen molar-refractivity contribution in [1.82, 2.24) is 0 Å². The molecule has 8 heteroatoms. The highest BCUT2D eigenvalue weighted by atomic mass is 32.2. The van der Waals surface area contributed by atoms with E-state index in [0.717, 1.165) is 9.69 Å². The summed E-state index contributed by atoms with van der Waals surface area (Å²) in [6.45, 7) is -0.413. The lowest BCUT2D eigenvalue weighted by Crippen LogP contribution is -2.35. The number of carbonyl (C=O) groups excluding carboxylic acids is 2. The van der Waals surface area contributed by atoms with Gasteiger partial charge in [0.2, 0.25) is 5.91 Å². The van der Waals surface area contributed by atoms with Crippen molar-refractivity contribution in [3.63, 3.8) is 0 Å². The number of carbonyl (C=O) groups is 2. The van der Waals surface area contributed by atoms with E-state index in [9.17, 15) is 18.0 Å². The standard InChI is InChI=1S/C19H15N3O4S/c20-19(24)13-7-1-2-8-14(13)21-17(23)11-22-15-9-3-5-12-6-4-10-16(18(12)15)27(22,25)26/h1-10H,11H2,(H2,20,24)(H,21,23). The van der Waals surface area contributed by atoms with Crippen molar-refractivity contribution < 1.29 is 18.0 Å². The van der Waals surface area contributed by atoms with Gasteiger partial charge in [-0.15, -0.1) is 0 Å². The van der Waals surface area contributed by atoms with E-state index in [-0.39, 0.29) is 16.1 Å². The molecule has 1 heterocycles. The number of hydrogen-bond acceptors (Lipinski definition) is 4. The lowest BCUT2D eigenvalue weighted by molar-refractivity contribution is -0.114. The highest BCUT2D eigenvalue weighted by Crippen LogP contribution is 2.41. The van der Waals surface area contributed by atoms with Crippen LogP contribution in [-0.2, 0) is 14.8 Å². The summed E-state index contributed by atoms with van der Waals surface area (Å²) in [4.78, 5) is 24.2. The van der Waals surface area contributed by atoms with Crippen LogP contribution < -0.4 is 15.4 Å². The molecule has 0 fully saturated rings. The predicted molar refractivity (Wildman–Crippen MR) is 102 cm³/mol. The van der Waals surface area contributed by atoms with Crippen molar-refractivity contribution in [2.45, 2.75) is 4.90 Å². The number of amides is 2. The van der Waals surface area contributed by atoms with Crippen molar-refractivity contribution in [2.24, 2.45) is 5.73 Å². The van der Waals surface area contributed by atoms with Gasteiger partial charge >= 0.3 is 0 Å². The fourth-order valence-corrected chi connectivity index (χ4v) is 4.92. The Morgan fingerprint density at radius 1 is 0.963 bits per heavy atom. The third kappa shape index (κ3) is 2.70. The Balaban J connectivity index is 1.67. The minimum absolute atomic E-state index is 0.153. The zero-order valence-corrected chi connectivity index (χ0v) is 14.9. The predicted octanol–water partition coefficient (Wildman–Crippen LogP) is 2.09. The molecule has 2 amide bonds. The number of nitrogens with one attached hydrogen (secondary N) is 1. The molecule has 0 saturated heterocycles. The van der Waals surface area contributed by atoms with Gasteiger partial charge in [-0.3, -0.25) is 13.9 Å². The van der Waals surface area contributed by atoms with Crippen LogP contribution in [0.15, 0.2) is 65.6 Å². The normalized spacial score (nSPS) is 14.3. The van der Waals surface area contributed by atoms with Crippen molar-refractivity contribution in [1.29, 1.82) is 0 Å². The highest BCUT2D eigenvalue weighted by Gasteiger charge is 2.36. The number of hydrogen-bond donors (Lipinski definition) is 2. The average molecular weight is 381 g/mol. The molecule has 0 saturated carbocycles. The van der Waals surface area contributed by atoms with E-state index < -0.39 is 28.4 Å². The molecule has 1 aliphatic heterocycles. The Morgan fingerprint density at radius 2 is 1.67 bits per heavy atom. The zero-order valence-electron chi connectivity index (χ0n) is 14.0. The Kier molecular flexibility index (Phi) is 3.85. The molecule has 0 unspecified atom stereocenters. The van der Waals surface area contributed by atoms with Crippen molar-refractivity contribution in [3.8, 4) is 0 Å². The van der Waals surface area contributed by atoms with E-state index in [2.05, 4.69) is 5.32 Å². The van der Waals surface area contributed by atoms with Gasteiger partial charge in [-0.05, 0) is 29.7 Å².